The van der Waals surface area contributed by atoms with Gasteiger partial charge in [-0.1, -0.05) is 33.6 Å². The van der Waals surface area contributed by atoms with Crippen molar-refractivity contribution in [3.05, 3.63) is 0 Å². The summed E-state index contributed by atoms with van der Waals surface area (Å²) >= 11 is 0. The predicted octanol–water partition coefficient (Wildman–Crippen LogP) is 2.97. The molecule has 0 atom stereocenters. The Bertz CT molecular complexity index is 188. The maximum absolute atomic E-state index is 13.8. The lowest BCUT2D eigenvalue weighted by molar-refractivity contribution is -0.230. The summed E-state index contributed by atoms with van der Waals surface area (Å²) < 4.78 is 27.5. The SMILES string of the molecule is CC(C)(C)C(F)(F)C1(O)CCCC1. The highest BCUT2D eigenvalue weighted by atomic mass is 19.3. The van der Waals surface area contributed by atoms with Crippen molar-refractivity contribution in [3.63, 3.8) is 0 Å². The van der Waals surface area contributed by atoms with Crippen LogP contribution in [0, 0.1) is 5.41 Å². The highest BCUT2D eigenvalue weighted by Crippen LogP contribution is 2.50. The minimum atomic E-state index is -2.99. The second-order valence-electron chi connectivity index (χ2n) is 5.06. The van der Waals surface area contributed by atoms with Crippen molar-refractivity contribution < 1.29 is 13.9 Å². The number of aliphatic hydroxyl groups is 1. The topological polar surface area (TPSA) is 20.2 Å². The van der Waals surface area contributed by atoms with Crippen molar-refractivity contribution in [2.75, 3.05) is 0 Å². The van der Waals surface area contributed by atoms with Gasteiger partial charge in [-0.25, -0.2) is 8.78 Å². The van der Waals surface area contributed by atoms with E-state index >= 15 is 0 Å². The van der Waals surface area contributed by atoms with Crippen molar-refractivity contribution >= 4 is 0 Å². The van der Waals surface area contributed by atoms with Crippen LogP contribution in [0.5, 0.6) is 0 Å². The van der Waals surface area contributed by atoms with E-state index in [-0.39, 0.29) is 12.8 Å². The average Bonchev–Trinajstić information content (AvgIpc) is 2.35. The molecule has 1 aliphatic carbocycles. The molecule has 13 heavy (non-hydrogen) atoms. The van der Waals surface area contributed by atoms with E-state index in [0.717, 1.165) is 0 Å². The molecule has 0 radical (unpaired) electrons. The first-order chi connectivity index (χ1) is 5.71. The zero-order valence-electron chi connectivity index (χ0n) is 8.53. The van der Waals surface area contributed by atoms with E-state index in [1.807, 2.05) is 0 Å². The molecule has 1 N–H and O–H groups in total. The molecule has 3 heteroatoms. The maximum atomic E-state index is 13.8. The van der Waals surface area contributed by atoms with E-state index in [9.17, 15) is 13.9 Å². The van der Waals surface area contributed by atoms with Crippen LogP contribution in [-0.2, 0) is 0 Å². The Morgan fingerprint density at radius 1 is 1.08 bits per heavy atom. The zero-order chi connectivity index (χ0) is 10.3. The first-order valence-electron chi connectivity index (χ1n) is 4.81. The van der Waals surface area contributed by atoms with Crippen LogP contribution in [0.3, 0.4) is 0 Å². The quantitative estimate of drug-likeness (QED) is 0.677. The third-order valence-electron chi connectivity index (χ3n) is 2.96. The lowest BCUT2D eigenvalue weighted by Crippen LogP contribution is -2.53. The summed E-state index contributed by atoms with van der Waals surface area (Å²) in [7, 11) is 0. The fourth-order valence-electron chi connectivity index (χ4n) is 1.97. The number of rotatable bonds is 1. The summed E-state index contributed by atoms with van der Waals surface area (Å²) in [5.74, 6) is -2.99. The van der Waals surface area contributed by atoms with Gasteiger partial charge in [0.1, 0.15) is 5.60 Å². The van der Waals surface area contributed by atoms with E-state index < -0.39 is 16.9 Å². The lowest BCUT2D eigenvalue weighted by atomic mass is 9.76. The summed E-state index contributed by atoms with van der Waals surface area (Å²) in [5.41, 5.74) is -2.92. The summed E-state index contributed by atoms with van der Waals surface area (Å²) in [6, 6.07) is 0. The lowest BCUT2D eigenvalue weighted by Gasteiger charge is -2.41. The highest BCUT2D eigenvalue weighted by Gasteiger charge is 2.60. The Kier molecular flexibility index (Phi) is 2.44. The van der Waals surface area contributed by atoms with Gasteiger partial charge < -0.3 is 5.11 Å². The second kappa shape index (κ2) is 2.91. The summed E-state index contributed by atoms with van der Waals surface area (Å²) in [6.07, 6.45) is 1.89. The molecule has 0 heterocycles. The third kappa shape index (κ3) is 1.58. The van der Waals surface area contributed by atoms with Gasteiger partial charge in [-0.3, -0.25) is 0 Å². The number of hydrogen-bond donors (Lipinski definition) is 1. The van der Waals surface area contributed by atoms with Crippen LogP contribution in [-0.4, -0.2) is 16.6 Å². The largest absolute Gasteiger partial charge is 0.384 e. The summed E-state index contributed by atoms with van der Waals surface area (Å²) in [6.45, 7) is 4.43. The molecule has 0 unspecified atom stereocenters. The molecule has 78 valence electrons. The standard InChI is InChI=1S/C10H18F2O/c1-8(2,3)10(11,12)9(13)6-4-5-7-9/h13H,4-7H2,1-3H3. The molecule has 1 fully saturated rings. The van der Waals surface area contributed by atoms with Crippen LogP contribution in [0.25, 0.3) is 0 Å². The normalized spacial score (nSPS) is 23.5. The highest BCUT2D eigenvalue weighted by molar-refractivity contribution is 5.02. The van der Waals surface area contributed by atoms with E-state index in [4.69, 9.17) is 0 Å². The Labute approximate surface area is 78.1 Å². The molecule has 0 aliphatic heterocycles. The maximum Gasteiger partial charge on any atom is 0.280 e. The average molecular weight is 192 g/mol. The van der Waals surface area contributed by atoms with E-state index in [2.05, 4.69) is 0 Å². The zero-order valence-corrected chi connectivity index (χ0v) is 8.53. The van der Waals surface area contributed by atoms with Gasteiger partial charge in [0.05, 0.1) is 0 Å². The van der Waals surface area contributed by atoms with Gasteiger partial charge in [0.25, 0.3) is 5.92 Å². The molecule has 0 saturated heterocycles. The molecule has 0 bridgehead atoms. The summed E-state index contributed by atoms with van der Waals surface area (Å²) in [5, 5.41) is 9.80. The van der Waals surface area contributed by atoms with E-state index in [1.165, 1.54) is 20.8 Å². The van der Waals surface area contributed by atoms with Crippen LogP contribution in [0.1, 0.15) is 46.5 Å². The Morgan fingerprint density at radius 3 is 1.77 bits per heavy atom. The summed E-state index contributed by atoms with van der Waals surface area (Å²) in [4.78, 5) is 0. The molecule has 1 saturated carbocycles. The monoisotopic (exact) mass is 192 g/mol. The van der Waals surface area contributed by atoms with Gasteiger partial charge in [0, 0.05) is 5.41 Å². The molecule has 0 spiro atoms. The van der Waals surface area contributed by atoms with Crippen LogP contribution < -0.4 is 0 Å². The Morgan fingerprint density at radius 2 is 1.46 bits per heavy atom. The van der Waals surface area contributed by atoms with Crippen molar-refractivity contribution in [1.82, 2.24) is 0 Å². The second-order valence-corrected chi connectivity index (χ2v) is 5.06. The van der Waals surface area contributed by atoms with Gasteiger partial charge in [0.15, 0.2) is 0 Å². The number of alkyl halides is 2. The fraction of sp³-hybridized carbons (Fsp3) is 1.00. The van der Waals surface area contributed by atoms with Crippen molar-refractivity contribution in [1.29, 1.82) is 0 Å². The fourth-order valence-corrected chi connectivity index (χ4v) is 1.97. The molecule has 0 aromatic rings. The molecule has 0 aromatic heterocycles. The van der Waals surface area contributed by atoms with Gasteiger partial charge in [-0.2, -0.15) is 0 Å². The molecule has 1 rings (SSSR count). The van der Waals surface area contributed by atoms with Crippen LogP contribution in [0.15, 0.2) is 0 Å². The van der Waals surface area contributed by atoms with Gasteiger partial charge in [-0.05, 0) is 12.8 Å². The predicted molar refractivity (Wildman–Crippen MR) is 47.8 cm³/mol. The Hall–Kier alpha value is -0.180. The van der Waals surface area contributed by atoms with Crippen LogP contribution >= 0.6 is 0 Å². The van der Waals surface area contributed by atoms with E-state index in [0.29, 0.717) is 12.8 Å². The molecular formula is C10H18F2O. The van der Waals surface area contributed by atoms with Gasteiger partial charge in [0.2, 0.25) is 0 Å². The molecule has 1 nitrogen and oxygen atoms in total. The van der Waals surface area contributed by atoms with Gasteiger partial charge in [-0.15, -0.1) is 0 Å². The number of hydrogen-bond acceptors (Lipinski definition) is 1. The van der Waals surface area contributed by atoms with Crippen molar-refractivity contribution in [2.24, 2.45) is 5.41 Å². The molecule has 0 amide bonds. The first kappa shape index (κ1) is 10.9. The van der Waals surface area contributed by atoms with Crippen molar-refractivity contribution in [3.8, 4) is 0 Å². The molecule has 0 aromatic carbocycles. The van der Waals surface area contributed by atoms with Crippen molar-refractivity contribution in [2.45, 2.75) is 58.0 Å². The minimum Gasteiger partial charge on any atom is -0.384 e. The van der Waals surface area contributed by atoms with Crippen LogP contribution in [0.2, 0.25) is 0 Å². The van der Waals surface area contributed by atoms with Crippen LogP contribution in [0.4, 0.5) is 8.78 Å². The Balaban J connectivity index is 2.91. The molecule has 1 aliphatic rings. The first-order valence-corrected chi connectivity index (χ1v) is 4.81. The minimum absolute atomic E-state index is 0.233. The van der Waals surface area contributed by atoms with E-state index in [1.54, 1.807) is 0 Å². The number of halogens is 2. The smallest absolute Gasteiger partial charge is 0.280 e. The third-order valence-corrected chi connectivity index (χ3v) is 2.96. The molecular weight excluding hydrogens is 174 g/mol. The van der Waals surface area contributed by atoms with Gasteiger partial charge >= 0.3 is 0 Å².